The van der Waals surface area contributed by atoms with Gasteiger partial charge in [-0.05, 0) is 36.0 Å². The number of hydrogen-bond donors (Lipinski definition) is 1. The molecular formula is C14H20ClNO. The first-order chi connectivity index (χ1) is 7.77. The van der Waals surface area contributed by atoms with Crippen molar-refractivity contribution in [2.75, 3.05) is 11.2 Å². The third kappa shape index (κ3) is 3.22. The van der Waals surface area contributed by atoms with Crippen LogP contribution in [0, 0.1) is 13.8 Å². The highest BCUT2D eigenvalue weighted by molar-refractivity contribution is 6.29. The van der Waals surface area contributed by atoms with Gasteiger partial charge in [0.05, 0.1) is 0 Å². The number of aryl methyl sites for hydroxylation is 1. The Kier molecular flexibility index (Phi) is 4.21. The normalized spacial score (nSPS) is 11.4. The topological polar surface area (TPSA) is 29.1 Å². The van der Waals surface area contributed by atoms with Crippen molar-refractivity contribution in [3.63, 3.8) is 0 Å². The molecule has 0 aliphatic rings. The number of nitrogens with one attached hydrogen (secondary N) is 1. The molecule has 0 saturated carbocycles. The Morgan fingerprint density at radius 1 is 1.29 bits per heavy atom. The summed E-state index contributed by atoms with van der Waals surface area (Å²) in [5.74, 6) is -0.178. The number of anilines is 1. The zero-order chi connectivity index (χ0) is 13.2. The third-order valence-electron chi connectivity index (χ3n) is 2.93. The van der Waals surface area contributed by atoms with E-state index in [4.69, 9.17) is 11.6 Å². The minimum absolute atomic E-state index is 0.00656. The lowest BCUT2D eigenvalue weighted by Crippen LogP contribution is -2.20. The van der Waals surface area contributed by atoms with Gasteiger partial charge in [0.2, 0.25) is 5.91 Å². The molecule has 0 atom stereocenters. The standard InChI is InChI=1S/C14H20ClNO/c1-9-6-7-11(14(3,4)5)13(10(9)2)16-12(17)8-15/h6-7H,8H2,1-5H3,(H,16,17). The first-order valence-corrected chi connectivity index (χ1v) is 6.27. The predicted octanol–water partition coefficient (Wildman–Crippen LogP) is 3.78. The van der Waals surface area contributed by atoms with Crippen molar-refractivity contribution < 1.29 is 4.79 Å². The average Bonchev–Trinajstić information content (AvgIpc) is 2.22. The zero-order valence-electron chi connectivity index (χ0n) is 11.1. The van der Waals surface area contributed by atoms with Gasteiger partial charge in [0.15, 0.2) is 0 Å². The average molecular weight is 254 g/mol. The van der Waals surface area contributed by atoms with Gasteiger partial charge in [0.1, 0.15) is 5.88 Å². The summed E-state index contributed by atoms with van der Waals surface area (Å²) in [5.41, 5.74) is 4.31. The molecule has 0 unspecified atom stereocenters. The molecule has 0 saturated heterocycles. The quantitative estimate of drug-likeness (QED) is 0.799. The van der Waals surface area contributed by atoms with Crippen molar-refractivity contribution in [2.45, 2.75) is 40.0 Å². The van der Waals surface area contributed by atoms with Crippen molar-refractivity contribution in [3.8, 4) is 0 Å². The van der Waals surface area contributed by atoms with Gasteiger partial charge in [-0.1, -0.05) is 32.9 Å². The summed E-state index contributed by atoms with van der Waals surface area (Å²) in [7, 11) is 0. The fourth-order valence-corrected chi connectivity index (χ4v) is 1.84. The van der Waals surface area contributed by atoms with E-state index in [2.05, 4.69) is 38.2 Å². The van der Waals surface area contributed by atoms with Gasteiger partial charge < -0.3 is 5.32 Å². The van der Waals surface area contributed by atoms with Gasteiger partial charge in [-0.25, -0.2) is 0 Å². The number of hydrogen-bond acceptors (Lipinski definition) is 1. The van der Waals surface area contributed by atoms with Crippen LogP contribution in [0.4, 0.5) is 5.69 Å². The molecule has 3 heteroatoms. The molecule has 0 aliphatic carbocycles. The maximum atomic E-state index is 11.5. The molecule has 0 spiro atoms. The number of benzene rings is 1. The van der Waals surface area contributed by atoms with Gasteiger partial charge in [0.25, 0.3) is 0 Å². The lowest BCUT2D eigenvalue weighted by Gasteiger charge is -2.25. The van der Waals surface area contributed by atoms with Crippen LogP contribution in [0.5, 0.6) is 0 Å². The predicted molar refractivity (Wildman–Crippen MR) is 74.0 cm³/mol. The van der Waals surface area contributed by atoms with Crippen LogP contribution in [0.3, 0.4) is 0 Å². The Morgan fingerprint density at radius 2 is 1.88 bits per heavy atom. The fraction of sp³-hybridized carbons (Fsp3) is 0.500. The number of carbonyl (C=O) groups is 1. The van der Waals surface area contributed by atoms with Crippen LogP contribution < -0.4 is 5.32 Å². The summed E-state index contributed by atoms with van der Waals surface area (Å²) in [5, 5.41) is 2.90. The second-order valence-electron chi connectivity index (χ2n) is 5.36. The van der Waals surface area contributed by atoms with E-state index in [9.17, 15) is 4.79 Å². The molecular weight excluding hydrogens is 234 g/mol. The van der Waals surface area contributed by atoms with Gasteiger partial charge in [0, 0.05) is 5.69 Å². The van der Waals surface area contributed by atoms with E-state index in [1.165, 1.54) is 5.56 Å². The lowest BCUT2D eigenvalue weighted by atomic mass is 9.83. The molecule has 1 aromatic rings. The maximum Gasteiger partial charge on any atom is 0.239 e. The van der Waals surface area contributed by atoms with Crippen LogP contribution in [-0.4, -0.2) is 11.8 Å². The molecule has 0 radical (unpaired) electrons. The highest BCUT2D eigenvalue weighted by atomic mass is 35.5. The van der Waals surface area contributed by atoms with E-state index < -0.39 is 0 Å². The van der Waals surface area contributed by atoms with E-state index in [1.54, 1.807) is 0 Å². The highest BCUT2D eigenvalue weighted by Gasteiger charge is 2.20. The Hall–Kier alpha value is -1.02. The number of carbonyl (C=O) groups excluding carboxylic acids is 1. The zero-order valence-corrected chi connectivity index (χ0v) is 11.9. The van der Waals surface area contributed by atoms with Crippen LogP contribution in [0.1, 0.15) is 37.5 Å². The first kappa shape index (κ1) is 14.0. The maximum absolute atomic E-state index is 11.5. The number of rotatable bonds is 2. The molecule has 0 bridgehead atoms. The van der Waals surface area contributed by atoms with Crippen LogP contribution in [0.25, 0.3) is 0 Å². The van der Waals surface area contributed by atoms with Crippen molar-refractivity contribution in [1.82, 2.24) is 0 Å². The molecule has 0 fully saturated rings. The molecule has 17 heavy (non-hydrogen) atoms. The highest BCUT2D eigenvalue weighted by Crippen LogP contribution is 2.33. The summed E-state index contributed by atoms with van der Waals surface area (Å²) in [6.07, 6.45) is 0. The summed E-state index contributed by atoms with van der Waals surface area (Å²) < 4.78 is 0. The molecule has 1 amide bonds. The third-order valence-corrected chi connectivity index (χ3v) is 3.17. The lowest BCUT2D eigenvalue weighted by molar-refractivity contribution is -0.113. The van der Waals surface area contributed by atoms with Crippen LogP contribution in [0.2, 0.25) is 0 Å². The number of alkyl halides is 1. The first-order valence-electron chi connectivity index (χ1n) is 5.74. The summed E-state index contributed by atoms with van der Waals surface area (Å²) in [6.45, 7) is 10.5. The molecule has 94 valence electrons. The fourth-order valence-electron chi connectivity index (χ4n) is 1.77. The molecule has 1 aromatic carbocycles. The Bertz CT molecular complexity index is 433. The molecule has 0 aliphatic heterocycles. The molecule has 0 aromatic heterocycles. The van der Waals surface area contributed by atoms with E-state index >= 15 is 0 Å². The van der Waals surface area contributed by atoms with Crippen molar-refractivity contribution in [2.24, 2.45) is 0 Å². The van der Waals surface area contributed by atoms with Crippen molar-refractivity contribution in [1.29, 1.82) is 0 Å². The second kappa shape index (κ2) is 5.09. The largest absolute Gasteiger partial charge is 0.325 e. The van der Waals surface area contributed by atoms with E-state index in [0.29, 0.717) is 0 Å². The molecule has 0 heterocycles. The van der Waals surface area contributed by atoms with Crippen molar-refractivity contribution in [3.05, 3.63) is 28.8 Å². The van der Waals surface area contributed by atoms with Gasteiger partial charge in [-0.2, -0.15) is 0 Å². The van der Waals surface area contributed by atoms with E-state index in [1.807, 2.05) is 13.8 Å². The smallest absolute Gasteiger partial charge is 0.239 e. The van der Waals surface area contributed by atoms with Gasteiger partial charge in [-0.15, -0.1) is 11.6 Å². The monoisotopic (exact) mass is 253 g/mol. The van der Waals surface area contributed by atoms with Crippen LogP contribution >= 0.6 is 11.6 Å². The summed E-state index contributed by atoms with van der Waals surface area (Å²) >= 11 is 5.55. The number of amides is 1. The molecule has 1 rings (SSSR count). The van der Waals surface area contributed by atoms with Gasteiger partial charge in [-0.3, -0.25) is 4.79 Å². The number of halogens is 1. The minimum atomic E-state index is -0.161. The Morgan fingerprint density at radius 3 is 2.35 bits per heavy atom. The summed E-state index contributed by atoms with van der Waals surface area (Å²) in [4.78, 5) is 11.5. The van der Waals surface area contributed by atoms with E-state index in [-0.39, 0.29) is 17.2 Å². The Labute approximate surface area is 108 Å². The molecule has 1 N–H and O–H groups in total. The van der Waals surface area contributed by atoms with E-state index in [0.717, 1.165) is 16.8 Å². The minimum Gasteiger partial charge on any atom is -0.325 e. The van der Waals surface area contributed by atoms with Crippen molar-refractivity contribution >= 4 is 23.2 Å². The van der Waals surface area contributed by atoms with Crippen LogP contribution in [0.15, 0.2) is 12.1 Å². The van der Waals surface area contributed by atoms with Gasteiger partial charge >= 0.3 is 0 Å². The van der Waals surface area contributed by atoms with Crippen LogP contribution in [-0.2, 0) is 10.2 Å². The molecule has 2 nitrogen and oxygen atoms in total. The summed E-state index contributed by atoms with van der Waals surface area (Å²) in [6, 6.07) is 4.17. The SMILES string of the molecule is Cc1ccc(C(C)(C)C)c(NC(=O)CCl)c1C. The second-order valence-corrected chi connectivity index (χ2v) is 5.63. The Balaban J connectivity index is 3.32.